The summed E-state index contributed by atoms with van der Waals surface area (Å²) in [5.41, 5.74) is 0.630. The number of carbonyl (C=O) groups is 1. The van der Waals surface area contributed by atoms with Gasteiger partial charge in [0.1, 0.15) is 5.69 Å². The van der Waals surface area contributed by atoms with Gasteiger partial charge >= 0.3 is 0 Å². The lowest BCUT2D eigenvalue weighted by atomic mass is 10.1. The summed E-state index contributed by atoms with van der Waals surface area (Å²) in [4.78, 5) is 29.8. The number of thiophene rings is 1. The molecule has 0 N–H and O–H groups in total. The minimum Gasteiger partial charge on any atom is -0.369 e. The third-order valence-electron chi connectivity index (χ3n) is 5.33. The summed E-state index contributed by atoms with van der Waals surface area (Å²) >= 11 is 1.40. The highest BCUT2D eigenvalue weighted by Crippen LogP contribution is 2.36. The number of anilines is 2. The molecular formula is C19H21FN4O3S. The Balaban J connectivity index is 1.56. The second-order valence-corrected chi connectivity index (χ2v) is 7.95. The number of nitro groups is 1. The van der Waals surface area contributed by atoms with Crippen molar-refractivity contribution in [2.24, 2.45) is 0 Å². The van der Waals surface area contributed by atoms with Crippen molar-refractivity contribution in [2.75, 3.05) is 49.1 Å². The van der Waals surface area contributed by atoms with Gasteiger partial charge in [0, 0.05) is 39.3 Å². The van der Waals surface area contributed by atoms with E-state index in [0.29, 0.717) is 42.4 Å². The normalized spacial score (nSPS) is 17.2. The summed E-state index contributed by atoms with van der Waals surface area (Å²) in [6.07, 6.45) is 1.99. The summed E-state index contributed by atoms with van der Waals surface area (Å²) in [6.45, 7) is 3.43. The molecule has 1 aromatic heterocycles. The molecule has 7 nitrogen and oxygen atoms in total. The van der Waals surface area contributed by atoms with Crippen LogP contribution in [0.15, 0.2) is 29.6 Å². The molecule has 148 valence electrons. The zero-order valence-corrected chi connectivity index (χ0v) is 16.2. The van der Waals surface area contributed by atoms with E-state index in [9.17, 15) is 19.3 Å². The predicted molar refractivity (Wildman–Crippen MR) is 107 cm³/mol. The van der Waals surface area contributed by atoms with Crippen molar-refractivity contribution in [2.45, 2.75) is 12.8 Å². The molecule has 2 aromatic rings. The average Bonchev–Trinajstić information content (AvgIpc) is 3.41. The number of carbonyl (C=O) groups excluding carboxylic acids is 1. The quantitative estimate of drug-likeness (QED) is 0.577. The van der Waals surface area contributed by atoms with E-state index in [0.717, 1.165) is 32.0 Å². The molecule has 1 aromatic carbocycles. The van der Waals surface area contributed by atoms with E-state index in [1.807, 2.05) is 21.2 Å². The molecule has 28 heavy (non-hydrogen) atoms. The Bertz CT molecular complexity index is 876. The van der Waals surface area contributed by atoms with Crippen LogP contribution in [0.2, 0.25) is 0 Å². The molecule has 1 amide bonds. The molecule has 2 fully saturated rings. The van der Waals surface area contributed by atoms with Crippen molar-refractivity contribution in [3.05, 3.63) is 50.5 Å². The van der Waals surface area contributed by atoms with Crippen molar-refractivity contribution in [1.82, 2.24) is 4.90 Å². The van der Waals surface area contributed by atoms with Crippen LogP contribution in [0.3, 0.4) is 0 Å². The van der Waals surface area contributed by atoms with Gasteiger partial charge < -0.3 is 14.7 Å². The standard InChI is InChI=1S/C19H21FN4O3S/c20-14-12-17(24(26)27)16(13-15(14)21-5-1-2-6-21)22-7-9-23(10-8-22)19(25)18-4-3-11-28-18/h3-4,11-13H,1-2,5-10H2. The van der Waals surface area contributed by atoms with Crippen LogP contribution < -0.4 is 9.80 Å². The molecule has 0 spiro atoms. The van der Waals surface area contributed by atoms with Gasteiger partial charge in [-0.15, -0.1) is 11.3 Å². The number of piperazine rings is 1. The van der Waals surface area contributed by atoms with E-state index in [1.165, 1.54) is 11.3 Å². The Kier molecular flexibility index (Phi) is 5.17. The number of nitrogens with zero attached hydrogens (tertiary/aromatic N) is 4. The number of benzene rings is 1. The third-order valence-corrected chi connectivity index (χ3v) is 6.18. The van der Waals surface area contributed by atoms with Crippen molar-refractivity contribution < 1.29 is 14.1 Å². The molecule has 4 rings (SSSR count). The Morgan fingerprint density at radius 3 is 2.32 bits per heavy atom. The molecule has 0 saturated carbocycles. The van der Waals surface area contributed by atoms with Gasteiger partial charge in [-0.05, 0) is 30.4 Å². The zero-order valence-electron chi connectivity index (χ0n) is 15.3. The first kappa shape index (κ1) is 18.7. The monoisotopic (exact) mass is 404 g/mol. The highest BCUT2D eigenvalue weighted by molar-refractivity contribution is 7.12. The molecule has 9 heteroatoms. The van der Waals surface area contributed by atoms with E-state index in [2.05, 4.69) is 0 Å². The fourth-order valence-corrected chi connectivity index (χ4v) is 4.54. The molecule has 0 bridgehead atoms. The summed E-state index contributed by atoms with van der Waals surface area (Å²) in [7, 11) is 0. The van der Waals surface area contributed by atoms with Crippen LogP contribution in [-0.4, -0.2) is 55.0 Å². The summed E-state index contributed by atoms with van der Waals surface area (Å²) < 4.78 is 14.5. The zero-order chi connectivity index (χ0) is 19.7. The summed E-state index contributed by atoms with van der Waals surface area (Å²) in [5, 5.41) is 13.4. The van der Waals surface area contributed by atoms with Gasteiger partial charge in [0.15, 0.2) is 5.82 Å². The molecule has 0 radical (unpaired) electrons. The minimum absolute atomic E-state index is 0.0130. The van der Waals surface area contributed by atoms with Crippen molar-refractivity contribution in [3.63, 3.8) is 0 Å². The number of nitro benzene ring substituents is 1. The SMILES string of the molecule is O=C(c1cccs1)N1CCN(c2cc(N3CCCC3)c(F)cc2[N+](=O)[O-])CC1. The molecular weight excluding hydrogens is 383 g/mol. The lowest BCUT2D eigenvalue weighted by Gasteiger charge is -2.36. The van der Waals surface area contributed by atoms with Crippen LogP contribution in [0.5, 0.6) is 0 Å². The maximum Gasteiger partial charge on any atom is 0.295 e. The lowest BCUT2D eigenvalue weighted by molar-refractivity contribution is -0.384. The lowest BCUT2D eigenvalue weighted by Crippen LogP contribution is -2.48. The van der Waals surface area contributed by atoms with Crippen molar-refractivity contribution in [3.8, 4) is 0 Å². The van der Waals surface area contributed by atoms with Gasteiger partial charge in [0.2, 0.25) is 0 Å². The van der Waals surface area contributed by atoms with Gasteiger partial charge in [0.25, 0.3) is 11.6 Å². The van der Waals surface area contributed by atoms with Crippen LogP contribution in [-0.2, 0) is 0 Å². The molecule has 2 saturated heterocycles. The highest BCUT2D eigenvalue weighted by atomic mass is 32.1. The molecule has 2 aliphatic rings. The predicted octanol–water partition coefficient (Wildman–Crippen LogP) is 3.36. The Morgan fingerprint density at radius 2 is 1.71 bits per heavy atom. The second-order valence-electron chi connectivity index (χ2n) is 7.00. The maximum absolute atomic E-state index is 14.5. The van der Waals surface area contributed by atoms with Gasteiger partial charge in [-0.25, -0.2) is 4.39 Å². The number of hydrogen-bond donors (Lipinski definition) is 0. The first-order valence-electron chi connectivity index (χ1n) is 9.35. The summed E-state index contributed by atoms with van der Waals surface area (Å²) in [6, 6.07) is 6.28. The molecule has 0 aliphatic carbocycles. The Morgan fingerprint density at radius 1 is 1.04 bits per heavy atom. The highest BCUT2D eigenvalue weighted by Gasteiger charge is 2.29. The Hall–Kier alpha value is -2.68. The van der Waals surface area contributed by atoms with Crippen LogP contribution in [0.4, 0.5) is 21.5 Å². The van der Waals surface area contributed by atoms with E-state index in [-0.39, 0.29) is 11.6 Å². The van der Waals surface area contributed by atoms with Crippen LogP contribution in [0.1, 0.15) is 22.5 Å². The number of hydrogen-bond acceptors (Lipinski definition) is 6. The van der Waals surface area contributed by atoms with Gasteiger partial charge in [-0.1, -0.05) is 6.07 Å². The number of halogens is 1. The fourth-order valence-electron chi connectivity index (χ4n) is 3.85. The van der Waals surface area contributed by atoms with E-state index < -0.39 is 10.7 Å². The van der Waals surface area contributed by atoms with Gasteiger partial charge in [0.05, 0.1) is 21.6 Å². The average molecular weight is 404 g/mol. The summed E-state index contributed by atoms with van der Waals surface area (Å²) in [5.74, 6) is -0.565. The van der Waals surface area contributed by atoms with Crippen molar-refractivity contribution in [1.29, 1.82) is 0 Å². The molecule has 0 atom stereocenters. The molecule has 0 unspecified atom stereocenters. The smallest absolute Gasteiger partial charge is 0.295 e. The topological polar surface area (TPSA) is 69.9 Å². The van der Waals surface area contributed by atoms with Gasteiger partial charge in [-0.2, -0.15) is 0 Å². The fraction of sp³-hybridized carbons (Fsp3) is 0.421. The second kappa shape index (κ2) is 7.75. The van der Waals surface area contributed by atoms with Crippen LogP contribution in [0, 0.1) is 15.9 Å². The van der Waals surface area contributed by atoms with Crippen LogP contribution in [0.25, 0.3) is 0 Å². The van der Waals surface area contributed by atoms with E-state index in [1.54, 1.807) is 17.0 Å². The van der Waals surface area contributed by atoms with Crippen molar-refractivity contribution >= 4 is 34.3 Å². The molecule has 3 heterocycles. The maximum atomic E-state index is 14.5. The van der Waals surface area contributed by atoms with Crippen LogP contribution >= 0.6 is 11.3 Å². The van der Waals surface area contributed by atoms with E-state index >= 15 is 0 Å². The van der Waals surface area contributed by atoms with Gasteiger partial charge in [-0.3, -0.25) is 14.9 Å². The Labute approximate surface area is 166 Å². The minimum atomic E-state index is -0.552. The first-order valence-corrected chi connectivity index (χ1v) is 10.2. The largest absolute Gasteiger partial charge is 0.369 e. The number of amides is 1. The van der Waals surface area contributed by atoms with E-state index in [4.69, 9.17) is 0 Å². The molecule has 2 aliphatic heterocycles. The first-order chi connectivity index (χ1) is 13.5. The third kappa shape index (κ3) is 3.54. The number of rotatable bonds is 4.